The van der Waals surface area contributed by atoms with Gasteiger partial charge < -0.3 is 18.0 Å². The van der Waals surface area contributed by atoms with Gasteiger partial charge in [-0.1, -0.05) is 84.9 Å². The third kappa shape index (κ3) is 5.71. The van der Waals surface area contributed by atoms with Gasteiger partial charge in [0, 0.05) is 54.5 Å². The first-order valence-electron chi connectivity index (χ1n) is 22.0. The number of hydrogen-bond acceptors (Lipinski definition) is 4. The maximum Gasteiger partial charge on any atom is 0.138 e. The Hall–Kier alpha value is -8.84. The quantitative estimate of drug-likeness (QED) is 0.160. The minimum atomic E-state index is 0.584. The summed E-state index contributed by atoms with van der Waals surface area (Å²) in [4.78, 5) is 0. The standard InChI is InChI=1S/C59H36N4O2/c60-34-36-19-24-53-47(29-36)48-30-37(35-61)20-25-54(48)63(53)43-23-28-57-51(33-43)46-17-8-12-39(59(46)65-57)10-6-9-38-11-7-16-45-50-32-41(22-27-56(50)64-58(38)45)40-21-26-55-49(31-40)44-15-4-5-18-52(44)62(55)42-13-2-1-3-14-42/h1-5,7-8,11-33H,6,9-10H2. The van der Waals surface area contributed by atoms with Crippen molar-refractivity contribution in [2.24, 2.45) is 0 Å². The Morgan fingerprint density at radius 3 is 1.51 bits per heavy atom. The second-order valence-corrected chi connectivity index (χ2v) is 17.0. The van der Waals surface area contributed by atoms with Crippen molar-refractivity contribution < 1.29 is 8.83 Å². The minimum absolute atomic E-state index is 0.584. The van der Waals surface area contributed by atoms with E-state index in [0.717, 1.165) is 102 Å². The summed E-state index contributed by atoms with van der Waals surface area (Å²) in [6, 6.07) is 68.0. The van der Waals surface area contributed by atoms with Gasteiger partial charge in [-0.2, -0.15) is 10.5 Å². The molecule has 0 saturated heterocycles. The molecule has 0 bridgehead atoms. The number of benzene rings is 9. The zero-order valence-corrected chi connectivity index (χ0v) is 35.0. The van der Waals surface area contributed by atoms with Crippen molar-refractivity contribution in [3.63, 3.8) is 0 Å². The first-order valence-corrected chi connectivity index (χ1v) is 22.0. The van der Waals surface area contributed by atoms with Gasteiger partial charge in [0.1, 0.15) is 22.3 Å². The van der Waals surface area contributed by atoms with Crippen LogP contribution >= 0.6 is 0 Å². The molecule has 9 aromatic carbocycles. The van der Waals surface area contributed by atoms with Crippen LogP contribution in [-0.4, -0.2) is 9.13 Å². The minimum Gasteiger partial charge on any atom is -0.456 e. The Morgan fingerprint density at radius 2 is 0.862 bits per heavy atom. The molecule has 65 heavy (non-hydrogen) atoms. The van der Waals surface area contributed by atoms with Gasteiger partial charge in [-0.05, 0) is 139 Å². The summed E-state index contributed by atoms with van der Waals surface area (Å²) in [5, 5.41) is 28.1. The number of furan rings is 2. The van der Waals surface area contributed by atoms with Gasteiger partial charge in [-0.25, -0.2) is 0 Å². The molecule has 0 atom stereocenters. The topological polar surface area (TPSA) is 83.7 Å². The fourth-order valence-electron chi connectivity index (χ4n) is 10.3. The number of aromatic nitrogens is 2. The van der Waals surface area contributed by atoms with E-state index < -0.39 is 0 Å². The summed E-state index contributed by atoms with van der Waals surface area (Å²) in [5.41, 5.74) is 16.0. The molecule has 4 heterocycles. The van der Waals surface area contributed by atoms with Crippen LogP contribution in [0, 0.1) is 22.7 Å². The monoisotopic (exact) mass is 832 g/mol. The molecule has 4 aromatic heterocycles. The fourth-order valence-corrected chi connectivity index (χ4v) is 10.3. The second-order valence-electron chi connectivity index (χ2n) is 17.0. The van der Waals surface area contributed by atoms with Gasteiger partial charge in [0.25, 0.3) is 0 Å². The van der Waals surface area contributed by atoms with Crippen molar-refractivity contribution in [1.29, 1.82) is 10.5 Å². The predicted molar refractivity (Wildman–Crippen MR) is 263 cm³/mol. The van der Waals surface area contributed by atoms with Crippen LogP contribution in [0.1, 0.15) is 28.7 Å². The van der Waals surface area contributed by atoms with Crippen LogP contribution in [0.2, 0.25) is 0 Å². The second kappa shape index (κ2) is 14.4. The molecule has 6 heteroatoms. The molecular weight excluding hydrogens is 797 g/mol. The number of nitrogens with zero attached hydrogens (tertiary/aromatic N) is 4. The Labute approximate surface area is 372 Å². The highest BCUT2D eigenvalue weighted by molar-refractivity contribution is 6.13. The lowest BCUT2D eigenvalue weighted by Crippen LogP contribution is -1.93. The number of para-hydroxylation sites is 4. The van der Waals surface area contributed by atoms with Crippen molar-refractivity contribution in [3.8, 4) is 34.6 Å². The summed E-state index contributed by atoms with van der Waals surface area (Å²) in [6.07, 6.45) is 2.64. The zero-order valence-electron chi connectivity index (χ0n) is 35.0. The highest BCUT2D eigenvalue weighted by Gasteiger charge is 2.19. The van der Waals surface area contributed by atoms with Gasteiger partial charge in [0.05, 0.1) is 45.3 Å². The number of rotatable bonds is 7. The largest absolute Gasteiger partial charge is 0.456 e. The molecule has 0 aliphatic rings. The van der Waals surface area contributed by atoms with Gasteiger partial charge in [0.2, 0.25) is 0 Å². The molecule has 13 rings (SSSR count). The molecule has 0 amide bonds. The van der Waals surface area contributed by atoms with Gasteiger partial charge in [-0.3, -0.25) is 0 Å². The number of fused-ring (bicyclic) bond motifs is 12. The lowest BCUT2D eigenvalue weighted by molar-refractivity contribution is 0.654. The smallest absolute Gasteiger partial charge is 0.138 e. The molecule has 0 aliphatic heterocycles. The van der Waals surface area contributed by atoms with E-state index in [0.29, 0.717) is 11.1 Å². The van der Waals surface area contributed by atoms with Crippen LogP contribution in [0.25, 0.3) is 110 Å². The van der Waals surface area contributed by atoms with E-state index in [2.05, 4.69) is 167 Å². The van der Waals surface area contributed by atoms with Gasteiger partial charge in [-0.15, -0.1) is 0 Å². The first kappa shape index (κ1) is 36.8. The van der Waals surface area contributed by atoms with Gasteiger partial charge in [0.15, 0.2) is 0 Å². The molecule has 0 saturated carbocycles. The normalized spacial score (nSPS) is 11.8. The number of hydrogen-bond donors (Lipinski definition) is 0. The summed E-state index contributed by atoms with van der Waals surface area (Å²) in [5.74, 6) is 0. The molecule has 0 N–H and O–H groups in total. The van der Waals surface area contributed by atoms with E-state index in [-0.39, 0.29) is 0 Å². The Bertz CT molecular complexity index is 4110. The van der Waals surface area contributed by atoms with Crippen LogP contribution in [-0.2, 0) is 12.8 Å². The van der Waals surface area contributed by atoms with Crippen molar-refractivity contribution in [1.82, 2.24) is 9.13 Å². The third-order valence-electron chi connectivity index (χ3n) is 13.3. The van der Waals surface area contributed by atoms with Crippen LogP contribution in [0.5, 0.6) is 0 Å². The Balaban J connectivity index is 0.807. The fraction of sp³-hybridized carbons (Fsp3) is 0.0508. The summed E-state index contributed by atoms with van der Waals surface area (Å²) >= 11 is 0. The van der Waals surface area contributed by atoms with Crippen LogP contribution in [0.4, 0.5) is 0 Å². The molecule has 0 unspecified atom stereocenters. The summed E-state index contributed by atoms with van der Waals surface area (Å²) < 4.78 is 17.8. The molecule has 0 radical (unpaired) electrons. The van der Waals surface area contributed by atoms with E-state index in [4.69, 9.17) is 8.83 Å². The van der Waals surface area contributed by atoms with Crippen molar-refractivity contribution in [3.05, 3.63) is 204 Å². The van der Waals surface area contributed by atoms with Crippen LogP contribution < -0.4 is 0 Å². The highest BCUT2D eigenvalue weighted by atomic mass is 16.3. The Morgan fingerprint density at radius 1 is 0.369 bits per heavy atom. The van der Waals surface area contributed by atoms with Crippen LogP contribution in [0.15, 0.2) is 191 Å². The van der Waals surface area contributed by atoms with Crippen molar-refractivity contribution in [2.75, 3.05) is 0 Å². The lowest BCUT2D eigenvalue weighted by Gasteiger charge is -2.08. The van der Waals surface area contributed by atoms with E-state index >= 15 is 0 Å². The molecular formula is C59H36N4O2. The number of aryl methyl sites for hydroxylation is 2. The van der Waals surface area contributed by atoms with Gasteiger partial charge >= 0.3 is 0 Å². The van der Waals surface area contributed by atoms with Crippen molar-refractivity contribution in [2.45, 2.75) is 19.3 Å². The molecule has 6 nitrogen and oxygen atoms in total. The van der Waals surface area contributed by atoms with E-state index in [9.17, 15) is 10.5 Å². The predicted octanol–water partition coefficient (Wildman–Crippen LogP) is 15.3. The molecule has 0 aliphatic carbocycles. The number of nitriles is 2. The highest BCUT2D eigenvalue weighted by Crippen LogP contribution is 2.40. The summed E-state index contributed by atoms with van der Waals surface area (Å²) in [6.45, 7) is 0. The SMILES string of the molecule is N#Cc1ccc2c(c1)c1cc(C#N)ccc1n2-c1ccc2oc3c(CCCc4cccc5c4oc4ccc(-c6ccc7c(c6)c6ccccc6n7-c6ccccc6)cc45)cccc3c2c1. The summed E-state index contributed by atoms with van der Waals surface area (Å²) in [7, 11) is 0. The van der Waals surface area contributed by atoms with E-state index in [1.54, 1.807) is 0 Å². The molecule has 0 fully saturated rings. The third-order valence-corrected chi connectivity index (χ3v) is 13.3. The van der Waals surface area contributed by atoms with E-state index in [1.807, 2.05) is 36.4 Å². The molecule has 304 valence electrons. The maximum absolute atomic E-state index is 9.68. The molecule has 0 spiro atoms. The molecule has 13 aromatic rings. The van der Waals surface area contributed by atoms with E-state index in [1.165, 1.54) is 38.5 Å². The Kier molecular flexibility index (Phi) is 8.12. The lowest BCUT2D eigenvalue weighted by atomic mass is 9.99. The maximum atomic E-state index is 9.68. The average molecular weight is 833 g/mol. The average Bonchev–Trinajstić information content (AvgIpc) is 4.11. The van der Waals surface area contributed by atoms with Crippen LogP contribution in [0.3, 0.4) is 0 Å². The van der Waals surface area contributed by atoms with Crippen molar-refractivity contribution >= 4 is 87.5 Å². The zero-order chi connectivity index (χ0) is 43.2. The first-order chi connectivity index (χ1) is 32.1.